The lowest BCUT2D eigenvalue weighted by atomic mass is 10.2. The molecule has 22 heavy (non-hydrogen) atoms. The number of carbonyl (C=O) groups is 2. The number of hydrogen-bond donors (Lipinski definition) is 0. The minimum atomic E-state index is -0.268. The molecule has 1 heterocycles. The number of aromatic nitrogens is 2. The van der Waals surface area contributed by atoms with Crippen LogP contribution in [0.5, 0.6) is 0 Å². The molecule has 0 aliphatic carbocycles. The topological polar surface area (TPSA) is 64.4 Å². The average Bonchev–Trinajstić information content (AvgIpc) is 3.04. The van der Waals surface area contributed by atoms with Crippen LogP contribution in [0.15, 0.2) is 42.9 Å². The fraction of sp³-hybridized carbons (Fsp3) is 0.312. The van der Waals surface area contributed by atoms with Crippen molar-refractivity contribution in [3.63, 3.8) is 0 Å². The number of benzene rings is 1. The normalized spacial score (nSPS) is 10.3. The van der Waals surface area contributed by atoms with Crippen LogP contribution in [-0.2, 0) is 9.53 Å². The number of amides is 1. The molecule has 0 aliphatic rings. The number of ether oxygens (including phenoxy) is 1. The highest BCUT2D eigenvalue weighted by atomic mass is 16.5. The van der Waals surface area contributed by atoms with Gasteiger partial charge in [-0.3, -0.25) is 14.2 Å². The van der Waals surface area contributed by atoms with Gasteiger partial charge in [-0.1, -0.05) is 18.2 Å². The highest BCUT2D eigenvalue weighted by Crippen LogP contribution is 2.12. The minimum absolute atomic E-state index is 0.133. The SMILES string of the molecule is COC(=O)CCCN(C)C(=O)c1cncn1-c1ccccc1. The summed E-state index contributed by atoms with van der Waals surface area (Å²) in [7, 11) is 3.07. The van der Waals surface area contributed by atoms with Crippen molar-refractivity contribution < 1.29 is 14.3 Å². The Kier molecular flexibility index (Phi) is 5.30. The molecule has 1 aromatic carbocycles. The lowest BCUT2D eigenvalue weighted by molar-refractivity contribution is -0.140. The van der Waals surface area contributed by atoms with Gasteiger partial charge in [0.1, 0.15) is 5.69 Å². The number of carbonyl (C=O) groups excluding carboxylic acids is 2. The predicted octanol–water partition coefficient (Wildman–Crippen LogP) is 1.90. The number of rotatable bonds is 6. The van der Waals surface area contributed by atoms with E-state index in [1.54, 1.807) is 29.0 Å². The van der Waals surface area contributed by atoms with Crippen molar-refractivity contribution in [2.45, 2.75) is 12.8 Å². The molecule has 2 aromatic rings. The van der Waals surface area contributed by atoms with Gasteiger partial charge in [0.2, 0.25) is 0 Å². The van der Waals surface area contributed by atoms with E-state index in [2.05, 4.69) is 9.72 Å². The molecule has 6 heteroatoms. The van der Waals surface area contributed by atoms with E-state index in [9.17, 15) is 9.59 Å². The first-order valence-electron chi connectivity index (χ1n) is 7.03. The molecule has 0 fully saturated rings. The summed E-state index contributed by atoms with van der Waals surface area (Å²) in [6, 6.07) is 9.56. The first-order valence-corrected chi connectivity index (χ1v) is 7.03. The van der Waals surface area contributed by atoms with E-state index in [0.29, 0.717) is 25.1 Å². The quantitative estimate of drug-likeness (QED) is 0.764. The lowest BCUT2D eigenvalue weighted by Crippen LogP contribution is -2.29. The summed E-state index contributed by atoms with van der Waals surface area (Å²) in [4.78, 5) is 29.2. The Bertz CT molecular complexity index is 637. The summed E-state index contributed by atoms with van der Waals surface area (Å²) in [5, 5.41) is 0. The maximum absolute atomic E-state index is 12.5. The average molecular weight is 301 g/mol. The number of para-hydroxylation sites is 1. The summed E-state index contributed by atoms with van der Waals surface area (Å²) in [5.74, 6) is -0.401. The van der Waals surface area contributed by atoms with Crippen LogP contribution in [0.4, 0.5) is 0 Å². The van der Waals surface area contributed by atoms with E-state index >= 15 is 0 Å². The molecule has 0 radical (unpaired) electrons. The van der Waals surface area contributed by atoms with Gasteiger partial charge in [0, 0.05) is 25.7 Å². The Labute approximate surface area is 129 Å². The summed E-state index contributed by atoms with van der Waals surface area (Å²) < 4.78 is 6.33. The molecule has 0 saturated heterocycles. The minimum Gasteiger partial charge on any atom is -0.469 e. The van der Waals surface area contributed by atoms with E-state index in [0.717, 1.165) is 5.69 Å². The Hall–Kier alpha value is -2.63. The zero-order valence-corrected chi connectivity index (χ0v) is 12.7. The summed E-state index contributed by atoms with van der Waals surface area (Å²) in [5.41, 5.74) is 1.37. The molecule has 6 nitrogen and oxygen atoms in total. The number of methoxy groups -OCH3 is 1. The third-order valence-electron chi connectivity index (χ3n) is 3.34. The van der Waals surface area contributed by atoms with Crippen LogP contribution in [0.1, 0.15) is 23.3 Å². The molecule has 0 atom stereocenters. The Morgan fingerprint density at radius 1 is 1.27 bits per heavy atom. The largest absolute Gasteiger partial charge is 0.469 e. The molecule has 1 aromatic heterocycles. The molecule has 2 rings (SSSR count). The zero-order chi connectivity index (χ0) is 15.9. The maximum atomic E-state index is 12.5. The van der Waals surface area contributed by atoms with Crippen LogP contribution in [0, 0.1) is 0 Å². The molecular formula is C16H19N3O3. The predicted molar refractivity (Wildman–Crippen MR) is 81.8 cm³/mol. The van der Waals surface area contributed by atoms with Gasteiger partial charge < -0.3 is 9.64 Å². The third-order valence-corrected chi connectivity index (χ3v) is 3.34. The van der Waals surface area contributed by atoms with Gasteiger partial charge in [0.25, 0.3) is 5.91 Å². The van der Waals surface area contributed by atoms with Crippen LogP contribution in [0.3, 0.4) is 0 Å². The second-order valence-corrected chi connectivity index (χ2v) is 4.89. The monoisotopic (exact) mass is 301 g/mol. The van der Waals surface area contributed by atoms with E-state index in [1.165, 1.54) is 7.11 Å². The second-order valence-electron chi connectivity index (χ2n) is 4.89. The van der Waals surface area contributed by atoms with Crippen molar-refractivity contribution in [1.29, 1.82) is 0 Å². The van der Waals surface area contributed by atoms with Gasteiger partial charge >= 0.3 is 5.97 Å². The smallest absolute Gasteiger partial charge is 0.305 e. The van der Waals surface area contributed by atoms with Crippen LogP contribution < -0.4 is 0 Å². The number of hydrogen-bond acceptors (Lipinski definition) is 4. The molecule has 0 N–H and O–H groups in total. The highest BCUT2D eigenvalue weighted by Gasteiger charge is 2.17. The van der Waals surface area contributed by atoms with Crippen molar-refractivity contribution in [3.8, 4) is 5.69 Å². The van der Waals surface area contributed by atoms with Crippen LogP contribution >= 0.6 is 0 Å². The van der Waals surface area contributed by atoms with Crippen molar-refractivity contribution in [2.75, 3.05) is 20.7 Å². The molecule has 0 bridgehead atoms. The number of imidazole rings is 1. The van der Waals surface area contributed by atoms with E-state index in [-0.39, 0.29) is 11.9 Å². The molecular weight excluding hydrogens is 282 g/mol. The molecule has 116 valence electrons. The Morgan fingerprint density at radius 2 is 2.00 bits per heavy atom. The molecule has 0 unspecified atom stereocenters. The molecule has 0 spiro atoms. The second kappa shape index (κ2) is 7.40. The van der Waals surface area contributed by atoms with Gasteiger partial charge in [0.15, 0.2) is 0 Å². The van der Waals surface area contributed by atoms with Crippen molar-refractivity contribution in [2.24, 2.45) is 0 Å². The van der Waals surface area contributed by atoms with E-state index < -0.39 is 0 Å². The number of esters is 1. The van der Waals surface area contributed by atoms with Crippen molar-refractivity contribution >= 4 is 11.9 Å². The van der Waals surface area contributed by atoms with Crippen LogP contribution in [-0.4, -0.2) is 47.0 Å². The van der Waals surface area contributed by atoms with Crippen LogP contribution in [0.2, 0.25) is 0 Å². The summed E-state index contributed by atoms with van der Waals surface area (Å²) >= 11 is 0. The van der Waals surface area contributed by atoms with E-state index in [1.807, 2.05) is 30.3 Å². The van der Waals surface area contributed by atoms with E-state index in [4.69, 9.17) is 0 Å². The van der Waals surface area contributed by atoms with Gasteiger partial charge in [-0.15, -0.1) is 0 Å². The Balaban J connectivity index is 2.04. The highest BCUT2D eigenvalue weighted by molar-refractivity contribution is 5.92. The summed E-state index contributed by atoms with van der Waals surface area (Å²) in [6.07, 6.45) is 4.03. The summed E-state index contributed by atoms with van der Waals surface area (Å²) in [6.45, 7) is 0.480. The first-order chi connectivity index (χ1) is 10.6. The fourth-order valence-electron chi connectivity index (χ4n) is 2.11. The molecule has 0 saturated carbocycles. The van der Waals surface area contributed by atoms with Gasteiger partial charge in [-0.2, -0.15) is 0 Å². The fourth-order valence-corrected chi connectivity index (χ4v) is 2.11. The maximum Gasteiger partial charge on any atom is 0.305 e. The zero-order valence-electron chi connectivity index (χ0n) is 12.7. The van der Waals surface area contributed by atoms with Gasteiger partial charge in [0.05, 0.1) is 19.6 Å². The third kappa shape index (κ3) is 3.72. The molecule has 1 amide bonds. The molecule has 0 aliphatic heterocycles. The Morgan fingerprint density at radius 3 is 2.68 bits per heavy atom. The standard InChI is InChI=1S/C16H19N3O3/c1-18(10-6-9-15(20)22-2)16(21)14-11-17-12-19(14)13-7-4-3-5-8-13/h3-5,7-8,11-12H,6,9-10H2,1-2H3. The van der Waals surface area contributed by atoms with Gasteiger partial charge in [-0.25, -0.2) is 4.98 Å². The number of nitrogens with zero attached hydrogens (tertiary/aromatic N) is 3. The van der Waals surface area contributed by atoms with Crippen molar-refractivity contribution in [1.82, 2.24) is 14.5 Å². The lowest BCUT2D eigenvalue weighted by Gasteiger charge is -2.17. The van der Waals surface area contributed by atoms with Gasteiger partial charge in [-0.05, 0) is 18.6 Å². The first kappa shape index (κ1) is 15.8. The van der Waals surface area contributed by atoms with Crippen molar-refractivity contribution in [3.05, 3.63) is 48.5 Å². The van der Waals surface area contributed by atoms with Crippen LogP contribution in [0.25, 0.3) is 5.69 Å².